The molecule has 1 spiro atoms. The van der Waals surface area contributed by atoms with Crippen molar-refractivity contribution in [1.29, 1.82) is 0 Å². The molecule has 0 saturated heterocycles. The lowest BCUT2D eigenvalue weighted by Crippen LogP contribution is -2.69. The van der Waals surface area contributed by atoms with Crippen LogP contribution in [0.1, 0.15) is 83.3 Å². The number of fused-ring (bicyclic) bond motifs is 2. The fourth-order valence-electron chi connectivity index (χ4n) is 9.77. The van der Waals surface area contributed by atoms with Crippen molar-refractivity contribution in [3.63, 3.8) is 0 Å². The van der Waals surface area contributed by atoms with Crippen molar-refractivity contribution in [1.82, 2.24) is 0 Å². The second kappa shape index (κ2) is 7.88. The van der Waals surface area contributed by atoms with Gasteiger partial charge in [-0.15, -0.1) is 0 Å². The Bertz CT molecular complexity index is 987. The summed E-state index contributed by atoms with van der Waals surface area (Å²) >= 11 is 0. The van der Waals surface area contributed by atoms with Crippen LogP contribution in [-0.4, -0.2) is 38.5 Å². The third kappa shape index (κ3) is 2.74. The number of ether oxygens (including phenoxy) is 3. The Kier molecular flexibility index (Phi) is 5.55. The van der Waals surface area contributed by atoms with Crippen molar-refractivity contribution in [2.24, 2.45) is 34.5 Å². The molecular weight excluding hydrogens is 428 g/mol. The summed E-state index contributed by atoms with van der Waals surface area (Å²) in [4.78, 5) is 13.1. The molecule has 8 atom stereocenters. The van der Waals surface area contributed by atoms with Gasteiger partial charge in [0.2, 0.25) is 0 Å². The van der Waals surface area contributed by atoms with E-state index in [1.54, 1.807) is 14.2 Å². The molecule has 5 aliphatic carbocycles. The molecule has 0 aromatic heterocycles. The molecule has 0 aliphatic heterocycles. The minimum Gasteiger partial charge on any atom is -0.496 e. The van der Waals surface area contributed by atoms with E-state index in [0.717, 1.165) is 50.0 Å². The van der Waals surface area contributed by atoms with Crippen LogP contribution in [0.25, 0.3) is 0 Å². The number of rotatable bonds is 4. The first-order valence-corrected chi connectivity index (χ1v) is 13.1. The average molecular weight is 471 g/mol. The molecular formula is C29H42O5. The molecule has 5 nitrogen and oxygen atoms in total. The summed E-state index contributed by atoms with van der Waals surface area (Å²) in [5.74, 6) is 3.02. The number of hydrogen-bond acceptors (Lipinski definition) is 5. The molecule has 3 saturated carbocycles. The van der Waals surface area contributed by atoms with E-state index in [1.807, 2.05) is 12.1 Å². The number of aliphatic hydroxyl groups excluding tert-OH is 1. The zero-order valence-corrected chi connectivity index (χ0v) is 21.9. The second-order valence-corrected chi connectivity index (χ2v) is 12.3. The van der Waals surface area contributed by atoms with Gasteiger partial charge in [0.15, 0.2) is 0 Å². The van der Waals surface area contributed by atoms with Crippen molar-refractivity contribution in [2.75, 3.05) is 21.3 Å². The normalized spacial score (nSPS) is 42.4. The first kappa shape index (κ1) is 24.0. The van der Waals surface area contributed by atoms with Gasteiger partial charge in [-0.1, -0.05) is 27.2 Å². The maximum Gasteiger partial charge on any atom is 0.311 e. The fraction of sp³-hybridized carbons (Fsp3) is 0.759. The number of esters is 1. The summed E-state index contributed by atoms with van der Waals surface area (Å²) in [7, 11) is 5.02. The van der Waals surface area contributed by atoms with Gasteiger partial charge in [-0.3, -0.25) is 4.79 Å². The number of hydrogen-bond donors (Lipinski definition) is 1. The summed E-state index contributed by atoms with van der Waals surface area (Å²) in [5, 5.41) is 12.2. The van der Waals surface area contributed by atoms with Gasteiger partial charge in [0.25, 0.3) is 0 Å². The highest BCUT2D eigenvalue weighted by Gasteiger charge is 2.71. The highest BCUT2D eigenvalue weighted by Crippen LogP contribution is 2.75. The predicted octanol–water partition coefficient (Wildman–Crippen LogP) is 5.47. The number of aliphatic hydroxyl groups is 1. The zero-order valence-electron chi connectivity index (χ0n) is 21.9. The molecule has 5 heteroatoms. The number of benzene rings is 1. The minimum atomic E-state index is -0.469. The number of carbonyl (C=O) groups excluding carboxylic acids is 1. The summed E-state index contributed by atoms with van der Waals surface area (Å²) in [5.41, 5.74) is 1.54. The van der Waals surface area contributed by atoms with Gasteiger partial charge < -0.3 is 19.3 Å². The molecule has 34 heavy (non-hydrogen) atoms. The van der Waals surface area contributed by atoms with Gasteiger partial charge >= 0.3 is 5.97 Å². The van der Waals surface area contributed by atoms with Gasteiger partial charge in [-0.25, -0.2) is 0 Å². The maximum absolute atomic E-state index is 13.1. The third-order valence-corrected chi connectivity index (χ3v) is 11.0. The van der Waals surface area contributed by atoms with Crippen LogP contribution in [0.2, 0.25) is 0 Å². The van der Waals surface area contributed by atoms with E-state index in [2.05, 4.69) is 27.7 Å². The molecule has 0 heterocycles. The van der Waals surface area contributed by atoms with Crippen LogP contribution < -0.4 is 9.47 Å². The monoisotopic (exact) mass is 470 g/mol. The number of methoxy groups -OCH3 is 3. The summed E-state index contributed by atoms with van der Waals surface area (Å²) < 4.78 is 17.2. The Balaban J connectivity index is 1.75. The summed E-state index contributed by atoms with van der Waals surface area (Å²) in [6, 6.07) is 4.06. The smallest absolute Gasteiger partial charge is 0.311 e. The van der Waals surface area contributed by atoms with Crippen LogP contribution in [-0.2, 0) is 14.9 Å². The van der Waals surface area contributed by atoms with E-state index in [-0.39, 0.29) is 35.1 Å². The van der Waals surface area contributed by atoms with Crippen molar-refractivity contribution in [2.45, 2.75) is 83.7 Å². The van der Waals surface area contributed by atoms with E-state index >= 15 is 0 Å². The summed E-state index contributed by atoms with van der Waals surface area (Å²) in [6.45, 7) is 9.03. The Morgan fingerprint density at radius 3 is 2.32 bits per heavy atom. The average Bonchev–Trinajstić information content (AvgIpc) is 2.82. The number of carbonyl (C=O) groups is 1. The molecule has 0 unspecified atom stereocenters. The molecule has 5 aliphatic rings. The molecule has 1 aromatic rings. The highest BCUT2D eigenvalue weighted by molar-refractivity contribution is 5.77. The lowest BCUT2D eigenvalue weighted by Gasteiger charge is -2.70. The Hall–Kier alpha value is -1.75. The van der Waals surface area contributed by atoms with Crippen LogP contribution in [0.15, 0.2) is 12.1 Å². The van der Waals surface area contributed by atoms with Crippen molar-refractivity contribution < 1.29 is 24.1 Å². The maximum atomic E-state index is 13.1. The molecule has 1 aromatic carbocycles. The van der Waals surface area contributed by atoms with Crippen molar-refractivity contribution >= 4 is 5.97 Å². The van der Waals surface area contributed by atoms with Gasteiger partial charge in [-0.2, -0.15) is 0 Å². The molecule has 6 rings (SSSR count). The molecule has 1 N–H and O–H groups in total. The molecule has 3 fully saturated rings. The standard InChI is InChI=1S/C29H42O5/c1-16(2)22-17-15-21-27(3)12-8-13-28(4,26(31)34-7)20(27)11-14-29(21,25(22)30)24-19(33-6)10-9-18(32-5)23(17)24/h9-10,16-17,20-22,25,30H,8,11-15H2,1-7H3/t17-,20-,21+,22-,25-,27-,28-,29+/m0/s1. The molecule has 0 radical (unpaired) electrons. The largest absolute Gasteiger partial charge is 0.496 e. The molecule has 188 valence electrons. The van der Waals surface area contributed by atoms with Gasteiger partial charge in [0, 0.05) is 16.5 Å². The highest BCUT2D eigenvalue weighted by atomic mass is 16.5. The Morgan fingerprint density at radius 2 is 1.71 bits per heavy atom. The molecule has 0 amide bonds. The predicted molar refractivity (Wildman–Crippen MR) is 131 cm³/mol. The van der Waals surface area contributed by atoms with E-state index in [4.69, 9.17) is 14.2 Å². The van der Waals surface area contributed by atoms with Crippen LogP contribution >= 0.6 is 0 Å². The van der Waals surface area contributed by atoms with Crippen LogP contribution in [0.3, 0.4) is 0 Å². The first-order valence-electron chi connectivity index (χ1n) is 13.1. The van der Waals surface area contributed by atoms with Crippen molar-refractivity contribution in [3.05, 3.63) is 23.3 Å². The van der Waals surface area contributed by atoms with Gasteiger partial charge in [0.05, 0.1) is 32.8 Å². The summed E-state index contributed by atoms with van der Waals surface area (Å²) in [6.07, 6.45) is 5.34. The first-order chi connectivity index (χ1) is 16.1. The van der Waals surface area contributed by atoms with E-state index in [1.165, 1.54) is 18.2 Å². The van der Waals surface area contributed by atoms with Crippen molar-refractivity contribution in [3.8, 4) is 11.5 Å². The van der Waals surface area contributed by atoms with E-state index in [0.29, 0.717) is 5.92 Å². The van der Waals surface area contributed by atoms with Gasteiger partial charge in [0.1, 0.15) is 11.5 Å². The van der Waals surface area contributed by atoms with Crippen LogP contribution in [0, 0.1) is 34.5 Å². The fourth-order valence-corrected chi connectivity index (χ4v) is 9.77. The zero-order chi connectivity index (χ0) is 24.6. The molecule has 2 bridgehead atoms. The SMILES string of the molecule is COC(=O)[C@@]1(C)CCC[C@]2(C)[C@H]3C[C@@H]4c5c(OC)ccc(OC)c5[C@]3(CC[C@@H]21)[C@@H](O)[C@H]4C(C)C. The lowest BCUT2D eigenvalue weighted by molar-refractivity contribution is -0.201. The third-order valence-electron chi connectivity index (χ3n) is 11.0. The van der Waals surface area contributed by atoms with Crippen LogP contribution in [0.4, 0.5) is 0 Å². The van der Waals surface area contributed by atoms with E-state index in [9.17, 15) is 9.90 Å². The Labute approximate surface area is 204 Å². The van der Waals surface area contributed by atoms with Crippen LogP contribution in [0.5, 0.6) is 11.5 Å². The minimum absolute atomic E-state index is 0.0492. The topological polar surface area (TPSA) is 65.0 Å². The second-order valence-electron chi connectivity index (χ2n) is 12.3. The van der Waals surface area contributed by atoms with E-state index < -0.39 is 16.9 Å². The van der Waals surface area contributed by atoms with Gasteiger partial charge in [-0.05, 0) is 86.2 Å². The Morgan fingerprint density at radius 1 is 1.03 bits per heavy atom. The quantitative estimate of drug-likeness (QED) is 0.591. The lowest BCUT2D eigenvalue weighted by atomic mass is 9.34.